The van der Waals surface area contributed by atoms with E-state index in [0.717, 1.165) is 5.56 Å². The van der Waals surface area contributed by atoms with E-state index >= 15 is 0 Å². The largest absolute Gasteiger partial charge is 0.497 e. The molecule has 1 aliphatic heterocycles. The summed E-state index contributed by atoms with van der Waals surface area (Å²) in [4.78, 5) is 43.3. The van der Waals surface area contributed by atoms with Gasteiger partial charge >= 0.3 is 7.82 Å². The number of rotatable bonds is 9. The molecule has 1 fully saturated rings. The van der Waals surface area contributed by atoms with Gasteiger partial charge in [-0.25, -0.2) is 19.5 Å². The number of nitrogens with zero attached hydrogens (tertiary/aromatic N) is 4. The molecule has 1 saturated heterocycles. The van der Waals surface area contributed by atoms with Crippen LogP contribution in [0.25, 0.3) is 11.2 Å². The van der Waals surface area contributed by atoms with Gasteiger partial charge < -0.3 is 41.2 Å². The Kier molecular flexibility index (Phi) is 7.51. The van der Waals surface area contributed by atoms with Gasteiger partial charge in [-0.3, -0.25) is 13.9 Å². The van der Waals surface area contributed by atoms with Crippen LogP contribution >= 0.6 is 7.82 Å². The standard InChI is InChI=1S/C20H26N7O8P/c1-33-11-4-2-10(3-5-11)6-12(21)19(29)26-14-13(7-34-36(30,31)32)35-20(16(14)28)27-9-25-15-17(22)23-8-24-18(15)27/h2-5,8-9,12-14,16,20,28H,6-7,21H2,1H3,(H,26,29)(H2,22,23,24)(H2,30,31,32)/t12-,13+,14+,16+,20+/m0/s1. The summed E-state index contributed by atoms with van der Waals surface area (Å²) in [7, 11) is -3.32. The Morgan fingerprint density at radius 3 is 2.67 bits per heavy atom. The molecule has 0 radical (unpaired) electrons. The number of fused-ring (bicyclic) bond motifs is 1. The predicted octanol–water partition coefficient (Wildman–Crippen LogP) is -1.16. The van der Waals surface area contributed by atoms with Gasteiger partial charge in [0.2, 0.25) is 5.91 Å². The SMILES string of the molecule is COc1ccc(C[C@H](N)C(=O)N[C@H]2[C@@H](O)[C@H](n3cnc4c(N)ncnc43)O[C@@H]2COP(=O)(O)O)cc1. The van der Waals surface area contributed by atoms with Crippen molar-refractivity contribution < 1.29 is 38.3 Å². The van der Waals surface area contributed by atoms with Crippen LogP contribution in [-0.2, 0) is 25.0 Å². The number of aromatic nitrogens is 4. The normalized spacial score (nSPS) is 23.0. The number of benzene rings is 1. The molecule has 15 nitrogen and oxygen atoms in total. The van der Waals surface area contributed by atoms with Gasteiger partial charge in [-0.15, -0.1) is 0 Å². The Balaban J connectivity index is 1.53. The quantitative estimate of drug-likeness (QED) is 0.182. The molecule has 0 aliphatic carbocycles. The summed E-state index contributed by atoms with van der Waals surface area (Å²) in [6, 6.07) is 4.89. The first kappa shape index (κ1) is 25.9. The first-order chi connectivity index (χ1) is 17.1. The number of nitrogens with one attached hydrogen (secondary N) is 1. The van der Waals surface area contributed by atoms with Crippen LogP contribution in [0.1, 0.15) is 11.8 Å². The van der Waals surface area contributed by atoms with Gasteiger partial charge in [0, 0.05) is 0 Å². The molecule has 0 spiro atoms. The van der Waals surface area contributed by atoms with Crippen LogP contribution in [-0.4, -0.2) is 78.3 Å². The Hall–Kier alpha value is -3.17. The van der Waals surface area contributed by atoms with E-state index in [1.165, 1.54) is 24.3 Å². The van der Waals surface area contributed by atoms with Crippen molar-refractivity contribution in [2.75, 3.05) is 19.5 Å². The lowest BCUT2D eigenvalue weighted by atomic mass is 10.0. The molecule has 0 unspecified atom stereocenters. The van der Waals surface area contributed by atoms with Crippen LogP contribution in [0.2, 0.25) is 0 Å². The number of phosphoric ester groups is 1. The first-order valence-electron chi connectivity index (χ1n) is 10.7. The van der Waals surface area contributed by atoms with E-state index in [0.29, 0.717) is 5.75 Å². The second-order valence-electron chi connectivity index (χ2n) is 8.12. The predicted molar refractivity (Wildman–Crippen MR) is 124 cm³/mol. The average Bonchev–Trinajstić information content (AvgIpc) is 3.40. The first-order valence-corrected chi connectivity index (χ1v) is 12.3. The molecular weight excluding hydrogens is 497 g/mol. The number of hydrogen-bond acceptors (Lipinski definition) is 11. The number of carbonyl (C=O) groups excluding carboxylic acids is 1. The lowest BCUT2D eigenvalue weighted by molar-refractivity contribution is -0.124. The number of nitrogens with two attached hydrogens (primary N) is 2. The van der Waals surface area contributed by atoms with Crippen molar-refractivity contribution in [1.82, 2.24) is 24.8 Å². The van der Waals surface area contributed by atoms with E-state index in [1.807, 2.05) is 0 Å². The summed E-state index contributed by atoms with van der Waals surface area (Å²) in [6.07, 6.45) is -0.951. The molecule has 1 aromatic carbocycles. The summed E-state index contributed by atoms with van der Waals surface area (Å²) in [6.45, 7) is -0.625. The van der Waals surface area contributed by atoms with E-state index < -0.39 is 50.9 Å². The molecular formula is C20H26N7O8P. The van der Waals surface area contributed by atoms with Crippen molar-refractivity contribution in [3.05, 3.63) is 42.5 Å². The molecule has 1 aliphatic rings. The molecule has 0 bridgehead atoms. The highest BCUT2D eigenvalue weighted by Gasteiger charge is 2.47. The van der Waals surface area contributed by atoms with Crippen molar-refractivity contribution in [2.24, 2.45) is 5.73 Å². The Labute approximate surface area is 204 Å². The number of nitrogen functional groups attached to an aromatic ring is 1. The van der Waals surface area contributed by atoms with Crippen molar-refractivity contribution in [3.63, 3.8) is 0 Å². The summed E-state index contributed by atoms with van der Waals surface area (Å²) >= 11 is 0. The molecule has 2 aromatic heterocycles. The van der Waals surface area contributed by atoms with Gasteiger partial charge in [0.1, 0.15) is 29.8 Å². The third-order valence-electron chi connectivity index (χ3n) is 5.70. The van der Waals surface area contributed by atoms with Crippen LogP contribution < -0.4 is 21.5 Å². The molecule has 0 saturated carbocycles. The smallest absolute Gasteiger partial charge is 0.469 e. The minimum absolute atomic E-state index is 0.113. The molecule has 36 heavy (non-hydrogen) atoms. The Morgan fingerprint density at radius 2 is 2.00 bits per heavy atom. The number of carbonyl (C=O) groups is 1. The van der Waals surface area contributed by atoms with Gasteiger partial charge in [-0.05, 0) is 24.1 Å². The minimum Gasteiger partial charge on any atom is -0.497 e. The second kappa shape index (κ2) is 10.4. The number of aliphatic hydroxyl groups is 1. The van der Waals surface area contributed by atoms with Crippen LogP contribution in [0.3, 0.4) is 0 Å². The number of phosphoric acid groups is 1. The lowest BCUT2D eigenvalue weighted by Gasteiger charge is -2.23. The van der Waals surface area contributed by atoms with Crippen molar-refractivity contribution in [1.29, 1.82) is 0 Å². The number of imidazole rings is 1. The fraction of sp³-hybridized carbons (Fsp3) is 0.400. The van der Waals surface area contributed by atoms with E-state index in [4.69, 9.17) is 30.7 Å². The number of aliphatic hydroxyl groups excluding tert-OH is 1. The van der Waals surface area contributed by atoms with Gasteiger partial charge in [-0.1, -0.05) is 12.1 Å². The maximum atomic E-state index is 12.9. The topological polar surface area (TPSA) is 230 Å². The molecule has 8 N–H and O–H groups in total. The molecule has 5 atom stereocenters. The van der Waals surface area contributed by atoms with Crippen LogP contribution in [0.5, 0.6) is 5.75 Å². The highest BCUT2D eigenvalue weighted by atomic mass is 31.2. The van der Waals surface area contributed by atoms with E-state index in [-0.39, 0.29) is 23.4 Å². The summed E-state index contributed by atoms with van der Waals surface area (Å²) in [5.41, 5.74) is 13.2. The van der Waals surface area contributed by atoms with Gasteiger partial charge in [0.05, 0.1) is 32.1 Å². The number of anilines is 1. The highest BCUT2D eigenvalue weighted by Crippen LogP contribution is 2.39. The fourth-order valence-corrected chi connectivity index (χ4v) is 4.24. The third kappa shape index (κ3) is 5.63. The molecule has 3 aromatic rings. The number of ether oxygens (including phenoxy) is 2. The Morgan fingerprint density at radius 1 is 1.28 bits per heavy atom. The maximum absolute atomic E-state index is 12.9. The molecule has 4 rings (SSSR count). The van der Waals surface area contributed by atoms with Crippen molar-refractivity contribution in [3.8, 4) is 5.75 Å². The van der Waals surface area contributed by atoms with Crippen molar-refractivity contribution in [2.45, 2.75) is 36.9 Å². The Bertz CT molecular complexity index is 1270. The summed E-state index contributed by atoms with van der Waals surface area (Å²) in [5.74, 6) is 0.158. The average molecular weight is 523 g/mol. The van der Waals surface area contributed by atoms with E-state index in [2.05, 4.69) is 24.8 Å². The van der Waals surface area contributed by atoms with Crippen LogP contribution in [0.15, 0.2) is 36.9 Å². The molecule has 3 heterocycles. The van der Waals surface area contributed by atoms with E-state index in [9.17, 15) is 14.5 Å². The zero-order chi connectivity index (χ0) is 26.0. The van der Waals surface area contributed by atoms with Gasteiger partial charge in [-0.2, -0.15) is 0 Å². The maximum Gasteiger partial charge on any atom is 0.469 e. The fourth-order valence-electron chi connectivity index (χ4n) is 3.90. The molecule has 16 heteroatoms. The van der Waals surface area contributed by atoms with Gasteiger partial charge in [0.25, 0.3) is 0 Å². The monoisotopic (exact) mass is 523 g/mol. The van der Waals surface area contributed by atoms with E-state index in [1.54, 1.807) is 24.3 Å². The van der Waals surface area contributed by atoms with Crippen molar-refractivity contribution >= 4 is 30.7 Å². The molecule has 194 valence electrons. The lowest BCUT2D eigenvalue weighted by Crippen LogP contribution is -2.53. The summed E-state index contributed by atoms with van der Waals surface area (Å²) in [5, 5.41) is 13.7. The number of hydrogen-bond donors (Lipinski definition) is 6. The number of amides is 1. The number of methoxy groups -OCH3 is 1. The zero-order valence-corrected chi connectivity index (χ0v) is 19.9. The van der Waals surface area contributed by atoms with Crippen LogP contribution in [0.4, 0.5) is 5.82 Å². The van der Waals surface area contributed by atoms with Crippen LogP contribution in [0, 0.1) is 0 Å². The zero-order valence-electron chi connectivity index (χ0n) is 19.0. The van der Waals surface area contributed by atoms with Gasteiger partial charge in [0.15, 0.2) is 17.7 Å². The second-order valence-corrected chi connectivity index (χ2v) is 9.36. The minimum atomic E-state index is -4.86. The molecule has 1 amide bonds. The third-order valence-corrected chi connectivity index (χ3v) is 6.19. The summed E-state index contributed by atoms with van der Waals surface area (Å²) < 4.78 is 28.2. The highest BCUT2D eigenvalue weighted by molar-refractivity contribution is 7.46.